The molecule has 0 saturated heterocycles. The molecule has 0 atom stereocenters. The lowest BCUT2D eigenvalue weighted by molar-refractivity contribution is 0.0598. The first-order valence-electron chi connectivity index (χ1n) is 9.49. The Morgan fingerprint density at radius 2 is 1.79 bits per heavy atom. The molecule has 0 saturated carbocycles. The standard InChI is InChI=1S/C24H25FN2O2/c1-3-14-26(16-19-9-4-6-12-22(19)24(28)29-2)18-21-11-8-15-27(21)17-20-10-5-7-13-23(20)25/h3-13,15H,1,14,16-18H2,2H3. The average molecular weight is 392 g/mol. The minimum atomic E-state index is -0.345. The summed E-state index contributed by atoms with van der Waals surface area (Å²) in [5.41, 5.74) is 3.17. The summed E-state index contributed by atoms with van der Waals surface area (Å²) in [4.78, 5) is 14.3. The van der Waals surface area contributed by atoms with Crippen LogP contribution in [0, 0.1) is 5.82 Å². The molecular formula is C24H25FN2O2. The number of carbonyl (C=O) groups is 1. The maximum atomic E-state index is 14.1. The van der Waals surface area contributed by atoms with E-state index in [0.29, 0.717) is 37.3 Å². The normalized spacial score (nSPS) is 10.9. The number of hydrogen-bond donors (Lipinski definition) is 0. The molecule has 0 unspecified atom stereocenters. The van der Waals surface area contributed by atoms with E-state index >= 15 is 0 Å². The number of nitrogens with zero attached hydrogens (tertiary/aromatic N) is 2. The second-order valence-electron chi connectivity index (χ2n) is 6.83. The van der Waals surface area contributed by atoms with Crippen molar-refractivity contribution in [2.24, 2.45) is 0 Å². The molecular weight excluding hydrogens is 367 g/mol. The number of esters is 1. The van der Waals surface area contributed by atoms with Gasteiger partial charge >= 0.3 is 5.97 Å². The number of methoxy groups -OCH3 is 1. The van der Waals surface area contributed by atoms with Gasteiger partial charge in [0.1, 0.15) is 5.82 Å². The predicted molar refractivity (Wildman–Crippen MR) is 112 cm³/mol. The Morgan fingerprint density at radius 1 is 1.07 bits per heavy atom. The number of rotatable bonds is 9. The van der Waals surface area contributed by atoms with E-state index in [2.05, 4.69) is 11.5 Å². The van der Waals surface area contributed by atoms with Gasteiger partial charge in [-0.3, -0.25) is 4.90 Å². The number of halogens is 1. The van der Waals surface area contributed by atoms with E-state index < -0.39 is 0 Å². The fourth-order valence-corrected chi connectivity index (χ4v) is 3.36. The third-order valence-corrected chi connectivity index (χ3v) is 4.81. The first-order chi connectivity index (χ1) is 14.1. The Hall–Kier alpha value is -3.18. The van der Waals surface area contributed by atoms with Crippen molar-refractivity contribution >= 4 is 5.97 Å². The van der Waals surface area contributed by atoms with Gasteiger partial charge < -0.3 is 9.30 Å². The Balaban J connectivity index is 1.79. The van der Waals surface area contributed by atoms with E-state index in [1.807, 2.05) is 53.2 Å². The topological polar surface area (TPSA) is 34.5 Å². The molecule has 5 heteroatoms. The SMILES string of the molecule is C=CCN(Cc1ccccc1C(=O)OC)Cc1cccn1Cc1ccccc1F. The molecule has 0 aliphatic heterocycles. The summed E-state index contributed by atoms with van der Waals surface area (Å²) in [6.07, 6.45) is 3.79. The van der Waals surface area contributed by atoms with Crippen LogP contribution in [0.4, 0.5) is 4.39 Å². The van der Waals surface area contributed by atoms with Gasteiger partial charge in [-0.25, -0.2) is 9.18 Å². The van der Waals surface area contributed by atoms with Crippen molar-refractivity contribution in [3.05, 3.63) is 108 Å². The van der Waals surface area contributed by atoms with Crippen LogP contribution >= 0.6 is 0 Å². The van der Waals surface area contributed by atoms with Crippen molar-refractivity contribution in [3.8, 4) is 0 Å². The summed E-state index contributed by atoms with van der Waals surface area (Å²) in [5.74, 6) is -0.552. The van der Waals surface area contributed by atoms with Gasteiger partial charge in [-0.15, -0.1) is 6.58 Å². The molecule has 150 valence electrons. The van der Waals surface area contributed by atoms with Crippen molar-refractivity contribution in [3.63, 3.8) is 0 Å². The highest BCUT2D eigenvalue weighted by Gasteiger charge is 2.15. The lowest BCUT2D eigenvalue weighted by Gasteiger charge is -2.23. The summed E-state index contributed by atoms with van der Waals surface area (Å²) in [7, 11) is 1.39. The molecule has 0 amide bonds. The Kier molecular flexibility index (Phi) is 6.98. The first kappa shape index (κ1) is 20.6. The molecule has 0 fully saturated rings. The van der Waals surface area contributed by atoms with Gasteiger partial charge in [-0.2, -0.15) is 0 Å². The van der Waals surface area contributed by atoms with Crippen LogP contribution < -0.4 is 0 Å². The average Bonchev–Trinajstić information content (AvgIpc) is 3.16. The molecule has 0 spiro atoms. The smallest absolute Gasteiger partial charge is 0.338 e. The minimum absolute atomic E-state index is 0.206. The van der Waals surface area contributed by atoms with E-state index in [1.54, 1.807) is 18.2 Å². The zero-order chi connectivity index (χ0) is 20.6. The molecule has 0 aliphatic carbocycles. The van der Waals surface area contributed by atoms with E-state index in [9.17, 15) is 9.18 Å². The highest BCUT2D eigenvalue weighted by Crippen LogP contribution is 2.17. The van der Waals surface area contributed by atoms with Gasteiger partial charge in [0.2, 0.25) is 0 Å². The predicted octanol–water partition coefficient (Wildman–Crippen LogP) is 4.65. The Morgan fingerprint density at radius 3 is 2.52 bits per heavy atom. The van der Waals surface area contributed by atoms with Gasteiger partial charge in [0.15, 0.2) is 0 Å². The van der Waals surface area contributed by atoms with Crippen LogP contribution in [0.1, 0.15) is 27.2 Å². The van der Waals surface area contributed by atoms with Gasteiger partial charge in [0, 0.05) is 37.1 Å². The van der Waals surface area contributed by atoms with Crippen LogP contribution in [0.3, 0.4) is 0 Å². The van der Waals surface area contributed by atoms with Crippen molar-refractivity contribution in [1.29, 1.82) is 0 Å². The number of ether oxygens (including phenoxy) is 1. The fourth-order valence-electron chi connectivity index (χ4n) is 3.36. The number of benzene rings is 2. The number of aromatic nitrogens is 1. The van der Waals surface area contributed by atoms with Crippen LogP contribution in [-0.2, 0) is 24.4 Å². The largest absolute Gasteiger partial charge is 0.465 e. The highest BCUT2D eigenvalue weighted by molar-refractivity contribution is 5.90. The molecule has 1 heterocycles. The quantitative estimate of drug-likeness (QED) is 0.393. The van der Waals surface area contributed by atoms with Crippen molar-refractivity contribution in [1.82, 2.24) is 9.47 Å². The summed E-state index contributed by atoms with van der Waals surface area (Å²) in [5, 5.41) is 0. The van der Waals surface area contributed by atoms with Crippen molar-refractivity contribution in [2.45, 2.75) is 19.6 Å². The summed E-state index contributed by atoms with van der Waals surface area (Å²) < 4.78 is 21.0. The van der Waals surface area contributed by atoms with Crippen molar-refractivity contribution in [2.75, 3.05) is 13.7 Å². The van der Waals surface area contributed by atoms with Gasteiger partial charge in [0.25, 0.3) is 0 Å². The molecule has 3 rings (SSSR count). The van der Waals surface area contributed by atoms with E-state index in [-0.39, 0.29) is 11.8 Å². The fraction of sp³-hybridized carbons (Fsp3) is 0.208. The molecule has 2 aromatic carbocycles. The van der Waals surface area contributed by atoms with Crippen LogP contribution in [0.15, 0.2) is 79.5 Å². The lowest BCUT2D eigenvalue weighted by Crippen LogP contribution is -2.25. The van der Waals surface area contributed by atoms with Crippen molar-refractivity contribution < 1.29 is 13.9 Å². The Bertz CT molecular complexity index is 980. The maximum Gasteiger partial charge on any atom is 0.338 e. The van der Waals surface area contributed by atoms with Crippen LogP contribution in [0.25, 0.3) is 0 Å². The molecule has 0 aliphatic rings. The third-order valence-electron chi connectivity index (χ3n) is 4.81. The molecule has 0 radical (unpaired) electrons. The first-order valence-corrected chi connectivity index (χ1v) is 9.49. The number of hydrogen-bond acceptors (Lipinski definition) is 3. The summed E-state index contributed by atoms with van der Waals surface area (Å²) in [6.45, 7) is 6.19. The highest BCUT2D eigenvalue weighted by atomic mass is 19.1. The monoisotopic (exact) mass is 392 g/mol. The maximum absolute atomic E-state index is 14.1. The lowest BCUT2D eigenvalue weighted by atomic mass is 10.1. The molecule has 0 N–H and O–H groups in total. The summed E-state index contributed by atoms with van der Waals surface area (Å²) >= 11 is 0. The van der Waals surface area contributed by atoms with Crippen LogP contribution in [0.5, 0.6) is 0 Å². The molecule has 4 nitrogen and oxygen atoms in total. The zero-order valence-corrected chi connectivity index (χ0v) is 16.6. The molecule has 1 aromatic heterocycles. The minimum Gasteiger partial charge on any atom is -0.465 e. The van der Waals surface area contributed by atoms with Gasteiger partial charge in [-0.05, 0) is 29.8 Å². The molecule has 0 bridgehead atoms. The van der Waals surface area contributed by atoms with Gasteiger partial charge in [-0.1, -0.05) is 42.5 Å². The van der Waals surface area contributed by atoms with Crippen LogP contribution in [-0.4, -0.2) is 29.1 Å². The van der Waals surface area contributed by atoms with E-state index in [0.717, 1.165) is 11.3 Å². The summed E-state index contributed by atoms with van der Waals surface area (Å²) in [6, 6.07) is 18.2. The van der Waals surface area contributed by atoms with E-state index in [4.69, 9.17) is 4.74 Å². The second kappa shape index (κ2) is 9.85. The molecule has 29 heavy (non-hydrogen) atoms. The van der Waals surface area contributed by atoms with Gasteiger partial charge in [0.05, 0.1) is 19.2 Å². The Labute approximate surface area is 170 Å². The third kappa shape index (κ3) is 5.21. The van der Waals surface area contributed by atoms with E-state index in [1.165, 1.54) is 13.2 Å². The second-order valence-corrected chi connectivity index (χ2v) is 6.83. The number of carbonyl (C=O) groups excluding carboxylic acids is 1. The molecule has 3 aromatic rings. The van der Waals surface area contributed by atoms with Crippen LogP contribution in [0.2, 0.25) is 0 Å². The zero-order valence-electron chi connectivity index (χ0n) is 16.6.